The van der Waals surface area contributed by atoms with Crippen LogP contribution >= 0.6 is 11.6 Å². The average molecular weight is 301 g/mol. The number of H-pyrrole nitrogens is 1. The Labute approximate surface area is 126 Å². The van der Waals surface area contributed by atoms with Crippen LogP contribution in [-0.2, 0) is 11.2 Å². The third-order valence-electron chi connectivity index (χ3n) is 3.17. The maximum Gasteiger partial charge on any atom is 0.230 e. The highest BCUT2D eigenvalue weighted by Crippen LogP contribution is 2.19. The van der Waals surface area contributed by atoms with Crippen molar-refractivity contribution in [1.29, 1.82) is 0 Å². The Morgan fingerprint density at radius 1 is 1.29 bits per heavy atom. The van der Waals surface area contributed by atoms with Gasteiger partial charge in [0.1, 0.15) is 5.15 Å². The highest BCUT2D eigenvalue weighted by atomic mass is 35.5. The van der Waals surface area contributed by atoms with Crippen molar-refractivity contribution >= 4 is 34.4 Å². The van der Waals surface area contributed by atoms with Crippen molar-refractivity contribution < 1.29 is 4.79 Å². The molecule has 5 nitrogen and oxygen atoms in total. The lowest BCUT2D eigenvalue weighted by Crippen LogP contribution is -2.14. The lowest BCUT2D eigenvalue weighted by Gasteiger charge is -2.03. The molecule has 0 aliphatic rings. The smallest absolute Gasteiger partial charge is 0.230 e. The van der Waals surface area contributed by atoms with Crippen molar-refractivity contribution in [2.45, 2.75) is 12.8 Å². The molecule has 2 aromatic heterocycles. The Morgan fingerprint density at radius 2 is 2.14 bits per heavy atom. The second kappa shape index (κ2) is 5.93. The number of para-hydroxylation sites is 1. The highest BCUT2D eigenvalue weighted by molar-refractivity contribution is 6.29. The van der Waals surface area contributed by atoms with Crippen molar-refractivity contribution in [2.24, 2.45) is 0 Å². The molecule has 2 N–H and O–H groups in total. The third kappa shape index (κ3) is 3.20. The van der Waals surface area contributed by atoms with Gasteiger partial charge < -0.3 is 4.98 Å². The number of aromatic amines is 1. The lowest BCUT2D eigenvalue weighted by atomic mass is 10.1. The first-order valence-electron chi connectivity index (χ1n) is 6.56. The molecular weight excluding hydrogens is 288 g/mol. The van der Waals surface area contributed by atoms with Gasteiger partial charge in [-0.05, 0) is 24.1 Å². The highest BCUT2D eigenvalue weighted by Gasteiger charge is 2.08. The SMILES string of the molecule is O=C(CCc1c[nH]c2ccccc12)Nc1nccc(Cl)n1. The van der Waals surface area contributed by atoms with E-state index in [2.05, 4.69) is 20.3 Å². The summed E-state index contributed by atoms with van der Waals surface area (Å²) >= 11 is 5.75. The number of anilines is 1. The molecule has 0 fully saturated rings. The van der Waals surface area contributed by atoms with E-state index in [1.54, 1.807) is 6.07 Å². The van der Waals surface area contributed by atoms with Crippen LogP contribution in [0, 0.1) is 0 Å². The Hall–Kier alpha value is -2.40. The van der Waals surface area contributed by atoms with Crippen LogP contribution in [0.5, 0.6) is 0 Å². The fraction of sp³-hybridized carbons (Fsp3) is 0.133. The number of fused-ring (bicyclic) bond motifs is 1. The number of halogens is 1. The number of carbonyl (C=O) groups is 1. The molecule has 0 atom stereocenters. The van der Waals surface area contributed by atoms with Crippen molar-refractivity contribution in [1.82, 2.24) is 15.0 Å². The van der Waals surface area contributed by atoms with Gasteiger partial charge in [-0.25, -0.2) is 9.97 Å². The van der Waals surface area contributed by atoms with Gasteiger partial charge in [-0.1, -0.05) is 29.8 Å². The van der Waals surface area contributed by atoms with Gasteiger partial charge in [0.15, 0.2) is 0 Å². The summed E-state index contributed by atoms with van der Waals surface area (Å²) in [7, 11) is 0. The quantitative estimate of drug-likeness (QED) is 0.727. The minimum atomic E-state index is -0.137. The van der Waals surface area contributed by atoms with Crippen molar-refractivity contribution in [2.75, 3.05) is 5.32 Å². The van der Waals surface area contributed by atoms with Gasteiger partial charge in [-0.2, -0.15) is 0 Å². The Balaban J connectivity index is 1.63. The first kappa shape index (κ1) is 13.6. The molecular formula is C15H13ClN4O. The third-order valence-corrected chi connectivity index (χ3v) is 3.38. The average Bonchev–Trinajstić information content (AvgIpc) is 2.88. The molecule has 0 unspecified atom stereocenters. The summed E-state index contributed by atoms with van der Waals surface area (Å²) in [4.78, 5) is 23.0. The summed E-state index contributed by atoms with van der Waals surface area (Å²) in [5.74, 6) is 0.0916. The largest absolute Gasteiger partial charge is 0.361 e. The summed E-state index contributed by atoms with van der Waals surface area (Å²) in [6.07, 6.45) is 4.45. The molecule has 0 spiro atoms. The van der Waals surface area contributed by atoms with Gasteiger partial charge in [-0.15, -0.1) is 0 Å². The number of hydrogen-bond acceptors (Lipinski definition) is 3. The van der Waals surface area contributed by atoms with Crippen molar-refractivity contribution in [3.63, 3.8) is 0 Å². The molecule has 1 aromatic carbocycles. The second-order valence-electron chi connectivity index (χ2n) is 4.61. The lowest BCUT2D eigenvalue weighted by molar-refractivity contribution is -0.116. The molecule has 0 radical (unpaired) electrons. The van der Waals surface area contributed by atoms with Gasteiger partial charge in [-0.3, -0.25) is 10.1 Å². The van der Waals surface area contributed by atoms with E-state index in [0.29, 0.717) is 18.0 Å². The number of amides is 1. The number of carbonyl (C=O) groups excluding carboxylic acids is 1. The van der Waals surface area contributed by atoms with Crippen molar-refractivity contribution in [3.8, 4) is 0 Å². The minimum Gasteiger partial charge on any atom is -0.361 e. The molecule has 6 heteroatoms. The zero-order valence-electron chi connectivity index (χ0n) is 11.1. The van der Waals surface area contributed by atoms with Crippen LogP contribution < -0.4 is 5.32 Å². The van der Waals surface area contributed by atoms with Crippen LogP contribution in [0.3, 0.4) is 0 Å². The minimum absolute atomic E-state index is 0.137. The van der Waals surface area contributed by atoms with Crippen LogP contribution in [0.4, 0.5) is 5.95 Å². The summed E-state index contributed by atoms with van der Waals surface area (Å²) in [6, 6.07) is 9.58. The molecule has 0 aliphatic heterocycles. The molecule has 0 bridgehead atoms. The Kier molecular flexibility index (Phi) is 3.83. The Morgan fingerprint density at radius 3 is 3.00 bits per heavy atom. The van der Waals surface area contributed by atoms with Gasteiger partial charge in [0, 0.05) is 29.7 Å². The van der Waals surface area contributed by atoms with Gasteiger partial charge in [0.25, 0.3) is 0 Å². The van der Waals surface area contributed by atoms with Crippen LogP contribution in [-0.4, -0.2) is 20.9 Å². The normalized spacial score (nSPS) is 10.7. The zero-order chi connectivity index (χ0) is 14.7. The topological polar surface area (TPSA) is 70.7 Å². The molecule has 0 saturated carbocycles. The molecule has 21 heavy (non-hydrogen) atoms. The van der Waals surface area contributed by atoms with E-state index in [0.717, 1.165) is 16.5 Å². The molecule has 0 aliphatic carbocycles. The summed E-state index contributed by atoms with van der Waals surface area (Å²) < 4.78 is 0. The van der Waals surface area contributed by atoms with E-state index in [9.17, 15) is 4.79 Å². The number of nitrogens with one attached hydrogen (secondary N) is 2. The molecule has 3 rings (SSSR count). The summed E-state index contributed by atoms with van der Waals surface area (Å²) in [5.41, 5.74) is 2.19. The van der Waals surface area contributed by atoms with E-state index in [-0.39, 0.29) is 11.9 Å². The number of rotatable bonds is 4. The molecule has 2 heterocycles. The van der Waals surface area contributed by atoms with Crippen LogP contribution in [0.1, 0.15) is 12.0 Å². The van der Waals surface area contributed by atoms with Crippen LogP contribution in [0.25, 0.3) is 10.9 Å². The maximum absolute atomic E-state index is 11.9. The van der Waals surface area contributed by atoms with Crippen molar-refractivity contribution in [3.05, 3.63) is 53.4 Å². The maximum atomic E-state index is 11.9. The van der Waals surface area contributed by atoms with Crippen LogP contribution in [0.2, 0.25) is 5.15 Å². The molecule has 3 aromatic rings. The predicted molar refractivity (Wildman–Crippen MR) is 82.3 cm³/mol. The number of benzene rings is 1. The first-order valence-corrected chi connectivity index (χ1v) is 6.93. The second-order valence-corrected chi connectivity index (χ2v) is 5.00. The number of hydrogen-bond donors (Lipinski definition) is 2. The zero-order valence-corrected chi connectivity index (χ0v) is 11.9. The molecule has 0 saturated heterocycles. The van der Waals surface area contributed by atoms with E-state index < -0.39 is 0 Å². The fourth-order valence-electron chi connectivity index (χ4n) is 2.17. The number of nitrogens with zero attached hydrogens (tertiary/aromatic N) is 2. The van der Waals surface area contributed by atoms with Crippen LogP contribution in [0.15, 0.2) is 42.7 Å². The number of aryl methyl sites for hydroxylation is 1. The van der Waals surface area contributed by atoms with E-state index in [1.165, 1.54) is 6.20 Å². The fourth-order valence-corrected chi connectivity index (χ4v) is 2.31. The molecule has 1 amide bonds. The first-order chi connectivity index (χ1) is 10.2. The summed E-state index contributed by atoms with van der Waals surface area (Å²) in [6.45, 7) is 0. The van der Waals surface area contributed by atoms with E-state index >= 15 is 0 Å². The summed E-state index contributed by atoms with van der Waals surface area (Å²) in [5, 5.41) is 4.08. The Bertz CT molecular complexity index is 784. The predicted octanol–water partition coefficient (Wildman–Crippen LogP) is 3.18. The van der Waals surface area contributed by atoms with Gasteiger partial charge in [0.05, 0.1) is 0 Å². The van der Waals surface area contributed by atoms with Gasteiger partial charge >= 0.3 is 0 Å². The number of aromatic nitrogens is 3. The molecule has 106 valence electrons. The van der Waals surface area contributed by atoms with Gasteiger partial charge in [0.2, 0.25) is 11.9 Å². The standard InChI is InChI=1S/C15H13ClN4O/c16-13-7-8-17-15(19-13)20-14(21)6-5-10-9-18-12-4-2-1-3-11(10)12/h1-4,7-9,18H,5-6H2,(H,17,19,20,21). The van der Waals surface area contributed by atoms with E-state index in [4.69, 9.17) is 11.6 Å². The van der Waals surface area contributed by atoms with E-state index in [1.807, 2.05) is 30.5 Å². The monoisotopic (exact) mass is 300 g/mol.